The van der Waals surface area contributed by atoms with Crippen LogP contribution in [-0.4, -0.2) is 27.3 Å². The van der Waals surface area contributed by atoms with E-state index in [9.17, 15) is 9.59 Å². The van der Waals surface area contributed by atoms with Crippen molar-refractivity contribution in [3.63, 3.8) is 0 Å². The van der Waals surface area contributed by atoms with Gasteiger partial charge in [0.25, 0.3) is 11.5 Å². The van der Waals surface area contributed by atoms with Crippen molar-refractivity contribution in [3.8, 4) is 0 Å². The molecule has 8 heteroatoms. The van der Waals surface area contributed by atoms with E-state index in [-0.39, 0.29) is 23.0 Å². The van der Waals surface area contributed by atoms with Gasteiger partial charge in [0.2, 0.25) is 0 Å². The fraction of sp³-hybridized carbons (Fsp3) is 0.211. The van der Waals surface area contributed by atoms with Gasteiger partial charge in [-0.3, -0.25) is 9.59 Å². The minimum absolute atomic E-state index is 0.142. The average Bonchev–Trinajstić information content (AvgIpc) is 2.60. The molecule has 0 fully saturated rings. The lowest BCUT2D eigenvalue weighted by atomic mass is 10.2. The van der Waals surface area contributed by atoms with Crippen LogP contribution in [0.4, 0.5) is 0 Å². The molecule has 140 valence electrons. The number of H-pyrrole nitrogens is 1. The Morgan fingerprint density at radius 2 is 1.81 bits per heavy atom. The predicted octanol–water partition coefficient (Wildman–Crippen LogP) is 4.94. The standard InChI is InChI=1S/C19H16Cl3N3O2/c1-2-7-25(19(27)13-5-3-11(20)8-15(13)22)10-17-23-16-9-12(21)4-6-14(16)18(26)24-17/h3-6,8-9H,2,7,10H2,1H3,(H,23,24,26). The van der Waals surface area contributed by atoms with Crippen molar-refractivity contribution in [3.05, 3.63) is 73.2 Å². The van der Waals surface area contributed by atoms with E-state index in [0.29, 0.717) is 38.9 Å². The summed E-state index contributed by atoms with van der Waals surface area (Å²) in [5, 5.41) is 1.66. The first-order chi connectivity index (χ1) is 12.9. The highest BCUT2D eigenvalue weighted by molar-refractivity contribution is 6.36. The smallest absolute Gasteiger partial charge is 0.258 e. The molecular weight excluding hydrogens is 409 g/mol. The normalized spacial score (nSPS) is 11.0. The maximum atomic E-state index is 12.9. The molecule has 5 nitrogen and oxygen atoms in total. The summed E-state index contributed by atoms with van der Waals surface area (Å²) in [5.41, 5.74) is 0.551. The van der Waals surface area contributed by atoms with Gasteiger partial charge in [-0.1, -0.05) is 41.7 Å². The van der Waals surface area contributed by atoms with Crippen molar-refractivity contribution >= 4 is 51.6 Å². The summed E-state index contributed by atoms with van der Waals surface area (Å²) in [4.78, 5) is 34.0. The monoisotopic (exact) mass is 423 g/mol. The third-order valence-electron chi connectivity index (χ3n) is 4.00. The highest BCUT2D eigenvalue weighted by atomic mass is 35.5. The van der Waals surface area contributed by atoms with Gasteiger partial charge in [0.05, 0.1) is 28.0 Å². The van der Waals surface area contributed by atoms with Crippen molar-refractivity contribution in [2.24, 2.45) is 0 Å². The molecule has 0 atom stereocenters. The van der Waals surface area contributed by atoms with E-state index in [1.165, 1.54) is 6.07 Å². The average molecular weight is 425 g/mol. The van der Waals surface area contributed by atoms with E-state index >= 15 is 0 Å². The van der Waals surface area contributed by atoms with Crippen molar-refractivity contribution in [1.29, 1.82) is 0 Å². The van der Waals surface area contributed by atoms with Crippen molar-refractivity contribution in [1.82, 2.24) is 14.9 Å². The van der Waals surface area contributed by atoms with E-state index in [1.54, 1.807) is 35.2 Å². The maximum absolute atomic E-state index is 12.9. The Balaban J connectivity index is 1.95. The second kappa shape index (κ2) is 8.30. The van der Waals surface area contributed by atoms with Crippen LogP contribution in [0.2, 0.25) is 15.1 Å². The number of benzene rings is 2. The quantitative estimate of drug-likeness (QED) is 0.631. The summed E-state index contributed by atoms with van der Waals surface area (Å²) in [6, 6.07) is 9.61. The third-order valence-corrected chi connectivity index (χ3v) is 4.78. The fourth-order valence-electron chi connectivity index (χ4n) is 2.77. The summed E-state index contributed by atoms with van der Waals surface area (Å²) >= 11 is 18.1. The number of aromatic nitrogens is 2. The van der Waals surface area contributed by atoms with Crippen LogP contribution in [0.1, 0.15) is 29.5 Å². The Hall–Kier alpha value is -2.08. The van der Waals surface area contributed by atoms with Gasteiger partial charge in [-0.25, -0.2) is 4.98 Å². The Labute approximate surface area is 170 Å². The van der Waals surface area contributed by atoms with Gasteiger partial charge < -0.3 is 9.88 Å². The number of carbonyl (C=O) groups excluding carboxylic acids is 1. The van der Waals surface area contributed by atoms with Gasteiger partial charge in [-0.2, -0.15) is 0 Å². The number of hydrogen-bond acceptors (Lipinski definition) is 3. The van der Waals surface area contributed by atoms with Crippen LogP contribution in [0.25, 0.3) is 10.9 Å². The zero-order valence-electron chi connectivity index (χ0n) is 14.4. The molecule has 3 aromatic rings. The molecule has 2 aromatic carbocycles. The van der Waals surface area contributed by atoms with E-state index in [4.69, 9.17) is 34.8 Å². The van der Waals surface area contributed by atoms with Gasteiger partial charge in [-0.15, -0.1) is 0 Å². The second-order valence-corrected chi connectivity index (χ2v) is 7.31. The molecule has 0 aliphatic heterocycles. The van der Waals surface area contributed by atoms with E-state index < -0.39 is 0 Å². The number of nitrogens with one attached hydrogen (secondary N) is 1. The van der Waals surface area contributed by atoms with Crippen molar-refractivity contribution in [2.45, 2.75) is 19.9 Å². The van der Waals surface area contributed by atoms with Gasteiger partial charge >= 0.3 is 0 Å². The highest BCUT2D eigenvalue weighted by Gasteiger charge is 2.19. The van der Waals surface area contributed by atoms with Crippen LogP contribution in [0.15, 0.2) is 41.2 Å². The van der Waals surface area contributed by atoms with Crippen molar-refractivity contribution < 1.29 is 4.79 Å². The summed E-state index contributed by atoms with van der Waals surface area (Å²) in [5.74, 6) is 0.119. The third kappa shape index (κ3) is 4.43. The Morgan fingerprint density at radius 3 is 2.52 bits per heavy atom. The van der Waals surface area contributed by atoms with Crippen LogP contribution in [0.3, 0.4) is 0 Å². The molecule has 1 N–H and O–H groups in total. The molecule has 0 saturated carbocycles. The fourth-order valence-corrected chi connectivity index (χ4v) is 3.43. The summed E-state index contributed by atoms with van der Waals surface area (Å²) in [6.07, 6.45) is 0.737. The molecule has 0 bridgehead atoms. The maximum Gasteiger partial charge on any atom is 0.258 e. The molecule has 1 heterocycles. The first-order valence-electron chi connectivity index (χ1n) is 8.32. The van der Waals surface area contributed by atoms with Gasteiger partial charge in [0.1, 0.15) is 5.82 Å². The van der Waals surface area contributed by atoms with Gasteiger partial charge in [0.15, 0.2) is 0 Å². The van der Waals surface area contributed by atoms with Crippen LogP contribution in [-0.2, 0) is 6.54 Å². The van der Waals surface area contributed by atoms with Gasteiger partial charge in [0, 0.05) is 16.6 Å². The minimum atomic E-state index is -0.278. The molecule has 0 unspecified atom stereocenters. The molecule has 1 aromatic heterocycles. The number of amides is 1. The molecule has 27 heavy (non-hydrogen) atoms. The number of carbonyl (C=O) groups is 1. The summed E-state index contributed by atoms with van der Waals surface area (Å²) in [7, 11) is 0. The zero-order chi connectivity index (χ0) is 19.6. The van der Waals surface area contributed by atoms with E-state index in [2.05, 4.69) is 9.97 Å². The molecule has 0 aliphatic carbocycles. The Morgan fingerprint density at radius 1 is 1.11 bits per heavy atom. The number of nitrogens with zero attached hydrogens (tertiary/aromatic N) is 2. The van der Waals surface area contributed by atoms with Crippen LogP contribution < -0.4 is 5.56 Å². The molecule has 0 aliphatic rings. The SMILES string of the molecule is CCCN(Cc1nc2cc(Cl)ccc2c(=O)[nH]1)C(=O)c1ccc(Cl)cc1Cl. The molecule has 0 saturated heterocycles. The Kier molecular flexibility index (Phi) is 6.05. The molecule has 0 spiro atoms. The summed E-state index contributed by atoms with van der Waals surface area (Å²) < 4.78 is 0. The van der Waals surface area contributed by atoms with Crippen LogP contribution >= 0.6 is 34.8 Å². The first-order valence-corrected chi connectivity index (χ1v) is 9.45. The van der Waals surface area contributed by atoms with Crippen LogP contribution in [0, 0.1) is 0 Å². The largest absolute Gasteiger partial charge is 0.331 e. The number of rotatable bonds is 5. The number of hydrogen-bond donors (Lipinski definition) is 1. The second-order valence-electron chi connectivity index (χ2n) is 6.02. The Bertz CT molecular complexity index is 1070. The number of halogens is 3. The zero-order valence-corrected chi connectivity index (χ0v) is 16.7. The van der Waals surface area contributed by atoms with Crippen LogP contribution in [0.5, 0.6) is 0 Å². The topological polar surface area (TPSA) is 66.1 Å². The lowest BCUT2D eigenvalue weighted by Gasteiger charge is -2.22. The lowest BCUT2D eigenvalue weighted by molar-refractivity contribution is 0.0739. The predicted molar refractivity (Wildman–Crippen MR) is 109 cm³/mol. The molecular formula is C19H16Cl3N3O2. The van der Waals surface area contributed by atoms with E-state index in [0.717, 1.165) is 6.42 Å². The number of aromatic amines is 1. The molecule has 0 radical (unpaired) electrons. The highest BCUT2D eigenvalue weighted by Crippen LogP contribution is 2.23. The lowest BCUT2D eigenvalue weighted by Crippen LogP contribution is -2.33. The minimum Gasteiger partial charge on any atom is -0.331 e. The molecule has 1 amide bonds. The van der Waals surface area contributed by atoms with E-state index in [1.807, 2.05) is 6.92 Å². The summed E-state index contributed by atoms with van der Waals surface area (Å²) in [6.45, 7) is 2.58. The van der Waals surface area contributed by atoms with Gasteiger partial charge in [-0.05, 0) is 42.8 Å². The number of fused-ring (bicyclic) bond motifs is 1. The molecule has 3 rings (SSSR count). The first kappa shape index (κ1) is 19.7. The van der Waals surface area contributed by atoms with Crippen molar-refractivity contribution in [2.75, 3.05) is 6.54 Å².